The molecule has 0 spiro atoms. The Balaban J connectivity index is 3.34. The number of aliphatic hydroxyl groups excluding tert-OH is 1. The van der Waals surface area contributed by atoms with E-state index in [1.165, 1.54) is 0 Å². The summed E-state index contributed by atoms with van der Waals surface area (Å²) in [5.41, 5.74) is 0.658. The zero-order chi connectivity index (χ0) is 13.0. The lowest BCUT2D eigenvalue weighted by Crippen LogP contribution is -2.09. The molecule has 0 saturated heterocycles. The van der Waals surface area contributed by atoms with E-state index < -0.39 is 6.10 Å². The predicted molar refractivity (Wildman–Crippen MR) is 65.9 cm³/mol. The van der Waals surface area contributed by atoms with Crippen LogP contribution in [0.2, 0.25) is 0 Å². The maximum atomic E-state index is 10.2. The molecular formula is C13H20O4. The molecule has 96 valence electrons. The molecule has 0 radical (unpaired) electrons. The minimum atomic E-state index is -0.634. The maximum absolute atomic E-state index is 10.2. The van der Waals surface area contributed by atoms with E-state index in [4.69, 9.17) is 14.2 Å². The lowest BCUT2D eigenvalue weighted by atomic mass is 9.97. The van der Waals surface area contributed by atoms with Crippen LogP contribution >= 0.6 is 0 Å². The number of benzene rings is 1. The molecule has 0 amide bonds. The van der Waals surface area contributed by atoms with Crippen molar-refractivity contribution in [1.82, 2.24) is 0 Å². The Bertz CT molecular complexity index is 349. The number of aliphatic hydroxyl groups is 1. The first kappa shape index (κ1) is 13.6. The molecule has 1 aromatic carbocycles. The van der Waals surface area contributed by atoms with Crippen LogP contribution in [0.25, 0.3) is 0 Å². The van der Waals surface area contributed by atoms with E-state index in [1.54, 1.807) is 33.5 Å². The van der Waals surface area contributed by atoms with E-state index in [9.17, 15) is 5.11 Å². The highest BCUT2D eigenvalue weighted by Crippen LogP contribution is 2.40. The van der Waals surface area contributed by atoms with Crippen LogP contribution in [0.4, 0.5) is 0 Å². The molecule has 1 rings (SSSR count). The van der Waals surface area contributed by atoms with Crippen LogP contribution in [0.3, 0.4) is 0 Å². The second kappa shape index (κ2) is 5.77. The fourth-order valence-corrected chi connectivity index (χ4v) is 1.66. The molecular weight excluding hydrogens is 220 g/mol. The Morgan fingerprint density at radius 1 is 0.941 bits per heavy atom. The molecule has 4 heteroatoms. The van der Waals surface area contributed by atoms with Gasteiger partial charge in [0.25, 0.3) is 0 Å². The molecule has 0 aromatic heterocycles. The van der Waals surface area contributed by atoms with Gasteiger partial charge in [0.05, 0.1) is 33.0 Å². The fraction of sp³-hybridized carbons (Fsp3) is 0.538. The molecule has 17 heavy (non-hydrogen) atoms. The monoisotopic (exact) mass is 240 g/mol. The van der Waals surface area contributed by atoms with E-state index in [-0.39, 0.29) is 5.92 Å². The predicted octanol–water partition coefficient (Wildman–Crippen LogP) is 2.40. The third-order valence-corrected chi connectivity index (χ3v) is 2.68. The average Bonchev–Trinajstić information content (AvgIpc) is 2.35. The van der Waals surface area contributed by atoms with Gasteiger partial charge in [0.15, 0.2) is 0 Å². The Morgan fingerprint density at radius 2 is 1.41 bits per heavy atom. The summed E-state index contributed by atoms with van der Waals surface area (Å²) in [5.74, 6) is 1.86. The molecule has 0 fully saturated rings. The first-order valence-corrected chi connectivity index (χ1v) is 5.53. The lowest BCUT2D eigenvalue weighted by molar-refractivity contribution is 0.120. The van der Waals surface area contributed by atoms with Gasteiger partial charge in [-0.15, -0.1) is 0 Å². The maximum Gasteiger partial charge on any atom is 0.132 e. The van der Waals surface area contributed by atoms with Crippen molar-refractivity contribution >= 4 is 0 Å². The third-order valence-electron chi connectivity index (χ3n) is 2.68. The largest absolute Gasteiger partial charge is 0.496 e. The van der Waals surface area contributed by atoms with Gasteiger partial charge in [-0.2, -0.15) is 0 Å². The van der Waals surface area contributed by atoms with Crippen LogP contribution in [-0.2, 0) is 0 Å². The standard InChI is InChI=1S/C13H20O4/c1-8(2)13(14)12-10(16-4)6-9(15-3)7-11(12)17-5/h6-8,13-14H,1-5H3. The number of hydrogen-bond donors (Lipinski definition) is 1. The zero-order valence-electron chi connectivity index (χ0n) is 11.0. The molecule has 1 N–H and O–H groups in total. The second-order valence-electron chi connectivity index (χ2n) is 4.13. The highest BCUT2D eigenvalue weighted by Gasteiger charge is 2.22. The average molecular weight is 240 g/mol. The van der Waals surface area contributed by atoms with Gasteiger partial charge < -0.3 is 19.3 Å². The molecule has 0 bridgehead atoms. The van der Waals surface area contributed by atoms with Crippen LogP contribution < -0.4 is 14.2 Å². The van der Waals surface area contributed by atoms with Crippen LogP contribution in [-0.4, -0.2) is 26.4 Å². The minimum absolute atomic E-state index is 0.0752. The molecule has 0 saturated carbocycles. The van der Waals surface area contributed by atoms with E-state index in [0.29, 0.717) is 22.8 Å². The molecule has 1 atom stereocenters. The van der Waals surface area contributed by atoms with Gasteiger partial charge in [-0.3, -0.25) is 0 Å². The Kier molecular flexibility index (Phi) is 4.63. The van der Waals surface area contributed by atoms with Crippen LogP contribution in [0.5, 0.6) is 17.2 Å². The molecule has 0 heterocycles. The summed E-state index contributed by atoms with van der Waals surface area (Å²) in [6.45, 7) is 3.88. The topological polar surface area (TPSA) is 47.9 Å². The van der Waals surface area contributed by atoms with Crippen LogP contribution in [0.1, 0.15) is 25.5 Å². The van der Waals surface area contributed by atoms with Gasteiger partial charge in [-0.05, 0) is 5.92 Å². The Hall–Kier alpha value is -1.42. The van der Waals surface area contributed by atoms with Gasteiger partial charge in [-0.1, -0.05) is 13.8 Å². The van der Waals surface area contributed by atoms with Crippen molar-refractivity contribution in [2.45, 2.75) is 20.0 Å². The summed E-state index contributed by atoms with van der Waals surface area (Å²) >= 11 is 0. The lowest BCUT2D eigenvalue weighted by Gasteiger charge is -2.21. The smallest absolute Gasteiger partial charge is 0.132 e. The van der Waals surface area contributed by atoms with Crippen molar-refractivity contribution in [2.75, 3.05) is 21.3 Å². The zero-order valence-corrected chi connectivity index (χ0v) is 11.0. The molecule has 4 nitrogen and oxygen atoms in total. The van der Waals surface area contributed by atoms with E-state index in [0.717, 1.165) is 0 Å². The molecule has 1 unspecified atom stereocenters. The summed E-state index contributed by atoms with van der Waals surface area (Å²) < 4.78 is 15.7. The SMILES string of the molecule is COc1cc(OC)c(C(O)C(C)C)c(OC)c1. The number of methoxy groups -OCH3 is 3. The fourth-order valence-electron chi connectivity index (χ4n) is 1.66. The highest BCUT2D eigenvalue weighted by molar-refractivity contribution is 5.52. The van der Waals surface area contributed by atoms with Gasteiger partial charge >= 0.3 is 0 Å². The van der Waals surface area contributed by atoms with Crippen molar-refractivity contribution in [2.24, 2.45) is 5.92 Å². The van der Waals surface area contributed by atoms with E-state index in [1.807, 2.05) is 13.8 Å². The van der Waals surface area contributed by atoms with Crippen molar-refractivity contribution in [3.8, 4) is 17.2 Å². The van der Waals surface area contributed by atoms with Crippen molar-refractivity contribution in [3.63, 3.8) is 0 Å². The van der Waals surface area contributed by atoms with Crippen LogP contribution in [0.15, 0.2) is 12.1 Å². The Labute approximate surface area is 102 Å². The minimum Gasteiger partial charge on any atom is -0.496 e. The van der Waals surface area contributed by atoms with Gasteiger partial charge in [0.2, 0.25) is 0 Å². The highest BCUT2D eigenvalue weighted by atomic mass is 16.5. The molecule has 1 aromatic rings. The second-order valence-corrected chi connectivity index (χ2v) is 4.13. The summed E-state index contributed by atoms with van der Waals surface area (Å²) in [6, 6.07) is 3.48. The first-order valence-electron chi connectivity index (χ1n) is 5.53. The summed E-state index contributed by atoms with van der Waals surface area (Å²) in [6.07, 6.45) is -0.634. The molecule has 0 aliphatic carbocycles. The van der Waals surface area contributed by atoms with Crippen molar-refractivity contribution < 1.29 is 19.3 Å². The quantitative estimate of drug-likeness (QED) is 0.858. The normalized spacial score (nSPS) is 12.4. The number of hydrogen-bond acceptors (Lipinski definition) is 4. The van der Waals surface area contributed by atoms with E-state index in [2.05, 4.69) is 0 Å². The van der Waals surface area contributed by atoms with Crippen molar-refractivity contribution in [1.29, 1.82) is 0 Å². The molecule has 0 aliphatic rings. The number of rotatable bonds is 5. The summed E-state index contributed by atoms with van der Waals surface area (Å²) in [5, 5.41) is 10.2. The van der Waals surface area contributed by atoms with Gasteiger partial charge in [-0.25, -0.2) is 0 Å². The Morgan fingerprint density at radius 3 is 1.71 bits per heavy atom. The van der Waals surface area contributed by atoms with Crippen LogP contribution in [0, 0.1) is 5.92 Å². The van der Waals surface area contributed by atoms with Gasteiger partial charge in [0, 0.05) is 12.1 Å². The summed E-state index contributed by atoms with van der Waals surface area (Å²) in [7, 11) is 4.70. The first-order chi connectivity index (χ1) is 8.04. The third kappa shape index (κ3) is 2.82. The number of ether oxygens (including phenoxy) is 3. The van der Waals surface area contributed by atoms with E-state index >= 15 is 0 Å². The van der Waals surface area contributed by atoms with Gasteiger partial charge in [0.1, 0.15) is 17.2 Å². The van der Waals surface area contributed by atoms with Crippen molar-refractivity contribution in [3.05, 3.63) is 17.7 Å². The summed E-state index contributed by atoms with van der Waals surface area (Å²) in [4.78, 5) is 0. The molecule has 0 aliphatic heterocycles.